The lowest BCUT2D eigenvalue weighted by molar-refractivity contribution is -0.119. The summed E-state index contributed by atoms with van der Waals surface area (Å²) in [5.41, 5.74) is 2.44. The lowest BCUT2D eigenvalue weighted by atomic mass is 9.86. The standard InChI is InChI=1S/C14H20O2/c1-14(2,3)12-6-4-11(5-7-12)10-13(16)8-9-15/h4-7,15H,8-10H2,1-3H3. The predicted molar refractivity (Wildman–Crippen MR) is 65.6 cm³/mol. The normalized spacial score (nSPS) is 11.5. The molecular formula is C14H20O2. The lowest BCUT2D eigenvalue weighted by Gasteiger charge is -2.19. The predicted octanol–water partition coefficient (Wildman–Crippen LogP) is 2.48. The maximum atomic E-state index is 11.3. The quantitative estimate of drug-likeness (QED) is 0.846. The van der Waals surface area contributed by atoms with E-state index < -0.39 is 0 Å². The van der Waals surface area contributed by atoms with E-state index in [1.165, 1.54) is 5.56 Å². The first-order valence-electron chi connectivity index (χ1n) is 5.65. The van der Waals surface area contributed by atoms with Gasteiger partial charge in [0.1, 0.15) is 5.78 Å². The molecule has 0 atom stereocenters. The first-order chi connectivity index (χ1) is 7.43. The van der Waals surface area contributed by atoms with E-state index in [4.69, 9.17) is 5.11 Å². The van der Waals surface area contributed by atoms with Gasteiger partial charge >= 0.3 is 0 Å². The second-order valence-corrected chi connectivity index (χ2v) is 5.14. The average molecular weight is 220 g/mol. The summed E-state index contributed by atoms with van der Waals surface area (Å²) in [6.07, 6.45) is 0.673. The van der Waals surface area contributed by atoms with Crippen LogP contribution < -0.4 is 0 Å². The zero-order chi connectivity index (χ0) is 12.2. The summed E-state index contributed by atoms with van der Waals surface area (Å²) in [5.74, 6) is 0.0889. The monoisotopic (exact) mass is 220 g/mol. The van der Waals surface area contributed by atoms with Gasteiger partial charge in [-0.15, -0.1) is 0 Å². The number of Topliss-reactive ketones (excluding diaryl/α,β-unsaturated/α-hetero) is 1. The maximum absolute atomic E-state index is 11.3. The van der Waals surface area contributed by atoms with E-state index >= 15 is 0 Å². The highest BCUT2D eigenvalue weighted by atomic mass is 16.3. The van der Waals surface area contributed by atoms with Crippen molar-refractivity contribution in [3.8, 4) is 0 Å². The molecule has 0 aromatic heterocycles. The second kappa shape index (κ2) is 5.26. The number of hydrogen-bond acceptors (Lipinski definition) is 2. The van der Waals surface area contributed by atoms with Gasteiger partial charge in [-0.2, -0.15) is 0 Å². The zero-order valence-electron chi connectivity index (χ0n) is 10.3. The summed E-state index contributed by atoms with van der Waals surface area (Å²) in [6, 6.07) is 8.13. The number of carbonyl (C=O) groups excluding carboxylic acids is 1. The van der Waals surface area contributed by atoms with Crippen molar-refractivity contribution < 1.29 is 9.90 Å². The Morgan fingerprint density at radius 2 is 1.75 bits per heavy atom. The van der Waals surface area contributed by atoms with Crippen molar-refractivity contribution in [3.05, 3.63) is 35.4 Å². The molecule has 0 aliphatic carbocycles. The summed E-state index contributed by atoms with van der Waals surface area (Å²) in [5, 5.41) is 8.64. The Hall–Kier alpha value is -1.15. The van der Waals surface area contributed by atoms with Crippen molar-refractivity contribution >= 4 is 5.78 Å². The molecule has 1 aromatic rings. The van der Waals surface area contributed by atoms with Crippen LogP contribution in [0.5, 0.6) is 0 Å². The molecule has 0 bridgehead atoms. The van der Waals surface area contributed by atoms with Crippen LogP contribution in [0, 0.1) is 0 Å². The molecule has 0 aliphatic rings. The molecule has 1 N–H and O–H groups in total. The van der Waals surface area contributed by atoms with Gasteiger partial charge in [-0.3, -0.25) is 4.79 Å². The highest BCUT2D eigenvalue weighted by molar-refractivity contribution is 5.80. The summed E-state index contributed by atoms with van der Waals surface area (Å²) in [7, 11) is 0. The molecule has 0 saturated heterocycles. The highest BCUT2D eigenvalue weighted by Gasteiger charge is 2.13. The summed E-state index contributed by atoms with van der Waals surface area (Å²) >= 11 is 0. The summed E-state index contributed by atoms with van der Waals surface area (Å²) in [6.45, 7) is 6.44. The Morgan fingerprint density at radius 1 is 1.19 bits per heavy atom. The van der Waals surface area contributed by atoms with Gasteiger partial charge in [0.25, 0.3) is 0 Å². The third kappa shape index (κ3) is 3.78. The molecule has 0 spiro atoms. The molecule has 0 aliphatic heterocycles. The SMILES string of the molecule is CC(C)(C)c1ccc(CC(=O)CCO)cc1. The third-order valence-corrected chi connectivity index (χ3v) is 2.61. The van der Waals surface area contributed by atoms with Gasteiger partial charge in [0.2, 0.25) is 0 Å². The summed E-state index contributed by atoms with van der Waals surface area (Å²) < 4.78 is 0. The fourth-order valence-electron chi connectivity index (χ4n) is 1.56. The van der Waals surface area contributed by atoms with Gasteiger partial charge in [-0.1, -0.05) is 45.0 Å². The van der Waals surface area contributed by atoms with Crippen LogP contribution >= 0.6 is 0 Å². The Bertz CT molecular complexity index is 344. The van der Waals surface area contributed by atoms with Crippen LogP contribution in [0.15, 0.2) is 24.3 Å². The van der Waals surface area contributed by atoms with Gasteiger partial charge in [-0.25, -0.2) is 0 Å². The topological polar surface area (TPSA) is 37.3 Å². The molecule has 0 radical (unpaired) electrons. The van der Waals surface area contributed by atoms with E-state index in [1.807, 2.05) is 12.1 Å². The van der Waals surface area contributed by atoms with Crippen molar-refractivity contribution in [1.82, 2.24) is 0 Å². The number of ketones is 1. The van der Waals surface area contributed by atoms with E-state index in [9.17, 15) is 4.79 Å². The molecule has 0 amide bonds. The number of benzene rings is 1. The fourth-order valence-corrected chi connectivity index (χ4v) is 1.56. The molecule has 2 nitrogen and oxygen atoms in total. The van der Waals surface area contributed by atoms with E-state index in [2.05, 4.69) is 32.9 Å². The van der Waals surface area contributed by atoms with Gasteiger partial charge in [0, 0.05) is 19.4 Å². The molecule has 0 saturated carbocycles. The number of aliphatic hydroxyl groups excluding tert-OH is 1. The number of aliphatic hydroxyl groups is 1. The van der Waals surface area contributed by atoms with Gasteiger partial charge in [0.15, 0.2) is 0 Å². The van der Waals surface area contributed by atoms with Crippen molar-refractivity contribution in [2.75, 3.05) is 6.61 Å². The van der Waals surface area contributed by atoms with Crippen molar-refractivity contribution in [3.63, 3.8) is 0 Å². The molecule has 0 unspecified atom stereocenters. The largest absolute Gasteiger partial charge is 0.396 e. The molecule has 16 heavy (non-hydrogen) atoms. The second-order valence-electron chi connectivity index (χ2n) is 5.14. The van der Waals surface area contributed by atoms with E-state index in [0.717, 1.165) is 5.56 Å². The van der Waals surface area contributed by atoms with Crippen molar-refractivity contribution in [2.24, 2.45) is 0 Å². The Morgan fingerprint density at radius 3 is 2.19 bits per heavy atom. The van der Waals surface area contributed by atoms with Crippen molar-refractivity contribution in [2.45, 2.75) is 39.0 Å². The minimum absolute atomic E-state index is 0.0566. The number of carbonyl (C=O) groups is 1. The maximum Gasteiger partial charge on any atom is 0.139 e. The van der Waals surface area contributed by atoms with E-state index in [1.54, 1.807) is 0 Å². The van der Waals surface area contributed by atoms with Gasteiger partial charge in [-0.05, 0) is 16.5 Å². The Kier molecular flexibility index (Phi) is 4.25. The van der Waals surface area contributed by atoms with Crippen LogP contribution in [-0.4, -0.2) is 17.5 Å². The zero-order valence-corrected chi connectivity index (χ0v) is 10.3. The average Bonchev–Trinajstić information content (AvgIpc) is 2.17. The third-order valence-electron chi connectivity index (χ3n) is 2.61. The molecule has 1 aromatic carbocycles. The van der Waals surface area contributed by atoms with E-state index in [-0.39, 0.29) is 24.2 Å². The van der Waals surface area contributed by atoms with Gasteiger partial charge in [0.05, 0.1) is 0 Å². The molecule has 88 valence electrons. The van der Waals surface area contributed by atoms with Crippen LogP contribution in [0.1, 0.15) is 38.3 Å². The molecule has 0 heterocycles. The molecule has 2 heteroatoms. The lowest BCUT2D eigenvalue weighted by Crippen LogP contribution is -2.11. The van der Waals surface area contributed by atoms with Gasteiger partial charge < -0.3 is 5.11 Å². The smallest absolute Gasteiger partial charge is 0.139 e. The van der Waals surface area contributed by atoms with E-state index in [0.29, 0.717) is 6.42 Å². The first-order valence-corrected chi connectivity index (χ1v) is 5.65. The van der Waals surface area contributed by atoms with Crippen LogP contribution in [-0.2, 0) is 16.6 Å². The number of hydrogen-bond donors (Lipinski definition) is 1. The fraction of sp³-hybridized carbons (Fsp3) is 0.500. The Balaban J connectivity index is 2.69. The molecular weight excluding hydrogens is 200 g/mol. The van der Waals surface area contributed by atoms with Crippen LogP contribution in [0.2, 0.25) is 0 Å². The minimum Gasteiger partial charge on any atom is -0.396 e. The van der Waals surface area contributed by atoms with Crippen molar-refractivity contribution in [1.29, 1.82) is 0 Å². The van der Waals surface area contributed by atoms with Crippen LogP contribution in [0.25, 0.3) is 0 Å². The highest BCUT2D eigenvalue weighted by Crippen LogP contribution is 2.22. The number of rotatable bonds is 4. The first kappa shape index (κ1) is 12.9. The molecule has 0 fully saturated rings. The molecule has 1 rings (SSSR count). The minimum atomic E-state index is -0.0566. The van der Waals surface area contributed by atoms with Crippen LogP contribution in [0.3, 0.4) is 0 Å². The summed E-state index contributed by atoms with van der Waals surface area (Å²) in [4.78, 5) is 11.3. The Labute approximate surface area is 97.3 Å². The van der Waals surface area contributed by atoms with Crippen LogP contribution in [0.4, 0.5) is 0 Å².